The highest BCUT2D eigenvalue weighted by atomic mass is 32.2. The van der Waals surface area contributed by atoms with Gasteiger partial charge in [0.15, 0.2) is 0 Å². The third-order valence-corrected chi connectivity index (χ3v) is 5.55. The fourth-order valence-electron chi connectivity index (χ4n) is 1.95. The maximum absolute atomic E-state index is 12.7. The molecule has 0 aliphatic carbocycles. The molecule has 7 nitrogen and oxygen atoms in total. The van der Waals surface area contributed by atoms with E-state index >= 15 is 0 Å². The molecule has 2 aromatic rings. The largest absolute Gasteiger partial charge is 0.444 e. The molecule has 0 bridgehead atoms. The number of aromatic nitrogens is 3. The van der Waals surface area contributed by atoms with Crippen molar-refractivity contribution in [2.75, 3.05) is 0 Å². The van der Waals surface area contributed by atoms with Gasteiger partial charge in [-0.3, -0.25) is 0 Å². The second-order valence-corrected chi connectivity index (χ2v) is 8.41. The Bertz CT molecular complexity index is 768. The van der Waals surface area contributed by atoms with E-state index in [1.807, 2.05) is 20.8 Å². The molecule has 22 heavy (non-hydrogen) atoms. The minimum atomic E-state index is -3.76. The number of hydrogen-bond donors (Lipinski definition) is 1. The van der Waals surface area contributed by atoms with Crippen LogP contribution >= 0.6 is 0 Å². The number of nitrogens with zero attached hydrogens (tertiary/aromatic N) is 3. The molecule has 0 spiro atoms. The van der Waals surface area contributed by atoms with Gasteiger partial charge in [-0.25, -0.2) is 18.4 Å². The zero-order valence-corrected chi connectivity index (χ0v) is 14.2. The van der Waals surface area contributed by atoms with Crippen LogP contribution in [0.4, 0.5) is 0 Å². The van der Waals surface area contributed by atoms with E-state index in [0.29, 0.717) is 11.5 Å². The summed E-state index contributed by atoms with van der Waals surface area (Å²) in [5.74, 6) is 0.763. The number of hydrogen-bond acceptors (Lipinski definition) is 6. The van der Waals surface area contributed by atoms with E-state index < -0.39 is 15.1 Å². The third-order valence-electron chi connectivity index (χ3n) is 3.53. The molecule has 1 N–H and O–H groups in total. The fourth-order valence-corrected chi connectivity index (χ4v) is 3.34. The molecule has 0 amide bonds. The lowest BCUT2D eigenvalue weighted by Crippen LogP contribution is -2.16. The summed E-state index contributed by atoms with van der Waals surface area (Å²) in [6.07, 6.45) is 2.90. The highest BCUT2D eigenvalue weighted by Crippen LogP contribution is 2.30. The van der Waals surface area contributed by atoms with Gasteiger partial charge >= 0.3 is 0 Å². The van der Waals surface area contributed by atoms with Crippen LogP contribution in [0.2, 0.25) is 0 Å². The van der Waals surface area contributed by atoms with Crippen LogP contribution in [0.3, 0.4) is 0 Å². The van der Waals surface area contributed by atoms with Gasteiger partial charge in [0.25, 0.3) is 0 Å². The maximum Gasteiger partial charge on any atom is 0.228 e. The number of imidazole rings is 1. The predicted molar refractivity (Wildman–Crippen MR) is 79.9 cm³/mol. The summed E-state index contributed by atoms with van der Waals surface area (Å²) in [6, 6.07) is 0. The molecule has 2 aromatic heterocycles. The molecule has 0 saturated carbocycles. The van der Waals surface area contributed by atoms with Gasteiger partial charge in [-0.05, 0) is 6.92 Å². The van der Waals surface area contributed by atoms with Crippen molar-refractivity contribution in [1.82, 2.24) is 14.5 Å². The third kappa shape index (κ3) is 2.80. The first kappa shape index (κ1) is 16.7. The molecule has 0 fully saturated rings. The first-order valence-electron chi connectivity index (χ1n) is 6.90. The first-order valence-corrected chi connectivity index (χ1v) is 8.45. The summed E-state index contributed by atoms with van der Waals surface area (Å²) < 4.78 is 32.3. The second-order valence-electron chi connectivity index (χ2n) is 6.25. The van der Waals surface area contributed by atoms with Crippen molar-refractivity contribution in [3.8, 4) is 0 Å². The van der Waals surface area contributed by atoms with E-state index in [9.17, 15) is 8.42 Å². The average molecular weight is 327 g/mol. The van der Waals surface area contributed by atoms with Gasteiger partial charge in [0.2, 0.25) is 20.9 Å². The molecule has 8 heteroatoms. The number of aliphatic hydroxyl groups excluding tert-OH is 1. The normalized spacial score (nSPS) is 14.3. The van der Waals surface area contributed by atoms with E-state index in [-0.39, 0.29) is 23.1 Å². The Kier molecular flexibility index (Phi) is 4.18. The van der Waals surface area contributed by atoms with Gasteiger partial charge in [0.1, 0.15) is 11.0 Å². The molecule has 1 atom stereocenters. The van der Waals surface area contributed by atoms with Crippen LogP contribution in [0, 0.1) is 0 Å². The molecule has 122 valence electrons. The van der Waals surface area contributed by atoms with E-state index in [1.54, 1.807) is 13.2 Å². The van der Waals surface area contributed by atoms with Crippen molar-refractivity contribution < 1.29 is 17.9 Å². The van der Waals surface area contributed by atoms with Crippen molar-refractivity contribution in [3.63, 3.8) is 0 Å². The first-order chi connectivity index (χ1) is 10.1. The van der Waals surface area contributed by atoms with Crippen LogP contribution in [0.25, 0.3) is 0 Å². The topological polar surface area (TPSA) is 98.2 Å². The smallest absolute Gasteiger partial charge is 0.228 e. The molecule has 0 aliphatic rings. The minimum Gasteiger partial charge on any atom is -0.444 e. The summed E-state index contributed by atoms with van der Waals surface area (Å²) >= 11 is 0. The standard InChI is InChI=1S/C14H21N3O4S/c1-9(12-15-7-11(21-12)14(2,3)4)22(19,20)13-16-6-10(8-18)17(13)5/h6-7,9,18H,8H2,1-5H3/t9-/m1/s1. The Morgan fingerprint density at radius 1 is 1.32 bits per heavy atom. The summed E-state index contributed by atoms with van der Waals surface area (Å²) in [5.41, 5.74) is 0.177. The summed E-state index contributed by atoms with van der Waals surface area (Å²) in [4.78, 5) is 8.00. The second kappa shape index (κ2) is 5.51. The summed E-state index contributed by atoms with van der Waals surface area (Å²) in [7, 11) is -2.21. The Morgan fingerprint density at radius 2 is 1.95 bits per heavy atom. The quantitative estimate of drug-likeness (QED) is 0.918. The van der Waals surface area contributed by atoms with Crippen LogP contribution in [0.15, 0.2) is 22.0 Å². The minimum absolute atomic E-state index is 0.112. The van der Waals surface area contributed by atoms with Gasteiger partial charge in [0.05, 0.1) is 24.7 Å². The monoisotopic (exact) mass is 327 g/mol. The molecule has 2 rings (SSSR count). The lowest BCUT2D eigenvalue weighted by molar-refractivity contribution is 0.271. The predicted octanol–water partition coefficient (Wildman–Crippen LogP) is 1.73. The molecular formula is C14H21N3O4S. The zero-order chi connectivity index (χ0) is 16.7. The van der Waals surface area contributed by atoms with Crippen LogP contribution in [0.1, 0.15) is 50.3 Å². The Morgan fingerprint density at radius 3 is 2.41 bits per heavy atom. The lowest BCUT2D eigenvalue weighted by atomic mass is 9.94. The van der Waals surface area contributed by atoms with Crippen molar-refractivity contribution in [2.24, 2.45) is 7.05 Å². The highest BCUT2D eigenvalue weighted by Gasteiger charge is 2.33. The molecule has 0 saturated heterocycles. The van der Waals surface area contributed by atoms with Crippen molar-refractivity contribution in [2.45, 2.75) is 50.1 Å². The number of aliphatic hydroxyl groups is 1. The average Bonchev–Trinajstić information content (AvgIpc) is 3.03. The zero-order valence-electron chi connectivity index (χ0n) is 13.4. The van der Waals surface area contributed by atoms with Crippen LogP contribution in [-0.2, 0) is 28.9 Å². The van der Waals surface area contributed by atoms with Crippen molar-refractivity contribution in [3.05, 3.63) is 29.7 Å². The maximum atomic E-state index is 12.7. The molecular weight excluding hydrogens is 306 g/mol. The molecule has 2 heterocycles. The van der Waals surface area contributed by atoms with E-state index in [4.69, 9.17) is 9.52 Å². The van der Waals surface area contributed by atoms with Gasteiger partial charge in [-0.1, -0.05) is 20.8 Å². The summed E-state index contributed by atoms with van der Waals surface area (Å²) in [5, 5.41) is 8.09. The van der Waals surface area contributed by atoms with E-state index in [2.05, 4.69) is 9.97 Å². The molecule has 0 unspecified atom stereocenters. The number of sulfone groups is 1. The van der Waals surface area contributed by atoms with Crippen molar-refractivity contribution in [1.29, 1.82) is 0 Å². The molecule has 0 radical (unpaired) electrons. The van der Waals surface area contributed by atoms with Crippen molar-refractivity contribution >= 4 is 9.84 Å². The lowest BCUT2D eigenvalue weighted by Gasteiger charge is -2.14. The van der Waals surface area contributed by atoms with Gasteiger partial charge in [-0.2, -0.15) is 0 Å². The fraction of sp³-hybridized carbons (Fsp3) is 0.571. The Hall–Kier alpha value is -1.67. The molecule has 0 aromatic carbocycles. The Labute approximate surface area is 129 Å². The number of rotatable bonds is 4. The highest BCUT2D eigenvalue weighted by molar-refractivity contribution is 7.91. The number of oxazole rings is 1. The molecule has 0 aliphatic heterocycles. The Balaban J connectivity index is 2.41. The van der Waals surface area contributed by atoms with E-state index in [1.165, 1.54) is 17.7 Å². The summed E-state index contributed by atoms with van der Waals surface area (Å²) in [6.45, 7) is 7.12. The van der Waals surface area contributed by atoms with Crippen LogP contribution < -0.4 is 0 Å². The van der Waals surface area contributed by atoms with Crippen LogP contribution in [-0.4, -0.2) is 28.1 Å². The SMILES string of the molecule is C[C@H](c1ncc(C(C)(C)C)o1)S(=O)(=O)c1ncc(CO)n1C. The van der Waals surface area contributed by atoms with E-state index in [0.717, 1.165) is 0 Å². The van der Waals surface area contributed by atoms with Gasteiger partial charge < -0.3 is 14.1 Å². The van der Waals surface area contributed by atoms with Gasteiger partial charge in [-0.15, -0.1) is 0 Å². The van der Waals surface area contributed by atoms with Crippen LogP contribution in [0.5, 0.6) is 0 Å². The van der Waals surface area contributed by atoms with Gasteiger partial charge in [0, 0.05) is 12.5 Å².